The average molecular weight is 332 g/mol. The summed E-state index contributed by atoms with van der Waals surface area (Å²) in [6.07, 6.45) is 7.31. The van der Waals surface area contributed by atoms with E-state index < -0.39 is 9.84 Å². The van der Waals surface area contributed by atoms with E-state index in [0.29, 0.717) is 16.7 Å². The van der Waals surface area contributed by atoms with Crippen LogP contribution in [0.2, 0.25) is 0 Å². The molecule has 1 heterocycles. The zero-order valence-electron chi connectivity index (χ0n) is 12.8. The monoisotopic (exact) mass is 331 g/mol. The Morgan fingerprint density at radius 3 is 2.52 bits per heavy atom. The molecule has 1 fully saturated rings. The van der Waals surface area contributed by atoms with Gasteiger partial charge in [0.15, 0.2) is 9.84 Å². The van der Waals surface area contributed by atoms with Gasteiger partial charge in [-0.25, -0.2) is 8.42 Å². The summed E-state index contributed by atoms with van der Waals surface area (Å²) in [6.45, 7) is 2.80. The van der Waals surface area contributed by atoms with Gasteiger partial charge in [0.2, 0.25) is 0 Å². The van der Waals surface area contributed by atoms with Gasteiger partial charge in [-0.05, 0) is 37.8 Å². The minimum Gasteiger partial charge on any atom is -0.394 e. The van der Waals surface area contributed by atoms with Crippen molar-refractivity contribution < 1.29 is 13.5 Å². The van der Waals surface area contributed by atoms with Crippen LogP contribution in [0.25, 0.3) is 0 Å². The van der Waals surface area contributed by atoms with Crippen molar-refractivity contribution in [3.05, 3.63) is 17.0 Å². The van der Waals surface area contributed by atoms with E-state index in [-0.39, 0.29) is 12.1 Å². The minimum absolute atomic E-state index is 0.113. The molecule has 1 saturated carbocycles. The number of hydrogen-bond acceptors (Lipinski definition) is 5. The molecule has 21 heavy (non-hydrogen) atoms. The van der Waals surface area contributed by atoms with E-state index in [9.17, 15) is 13.5 Å². The lowest BCUT2D eigenvalue weighted by molar-refractivity contribution is 0.0940. The lowest BCUT2D eigenvalue weighted by Gasteiger charge is -2.39. The molecule has 0 radical (unpaired) electrons. The zero-order valence-corrected chi connectivity index (χ0v) is 14.4. The van der Waals surface area contributed by atoms with Gasteiger partial charge in [-0.1, -0.05) is 19.3 Å². The van der Waals surface area contributed by atoms with Crippen LogP contribution in [0.3, 0.4) is 0 Å². The Bertz CT molecular complexity index is 561. The summed E-state index contributed by atoms with van der Waals surface area (Å²) in [5.74, 6) is 0.491. The number of hydrogen-bond donors (Lipinski definition) is 2. The van der Waals surface area contributed by atoms with Gasteiger partial charge >= 0.3 is 0 Å². The van der Waals surface area contributed by atoms with Gasteiger partial charge in [-0.15, -0.1) is 11.3 Å². The van der Waals surface area contributed by atoms with Crippen LogP contribution < -0.4 is 5.32 Å². The molecule has 1 aromatic rings. The second-order valence-electron chi connectivity index (χ2n) is 6.26. The van der Waals surface area contributed by atoms with E-state index in [4.69, 9.17) is 0 Å². The molecule has 0 saturated heterocycles. The number of thiophene rings is 1. The maximum atomic E-state index is 11.5. The molecule has 1 unspecified atom stereocenters. The lowest BCUT2D eigenvalue weighted by atomic mass is 9.76. The highest BCUT2D eigenvalue weighted by Gasteiger charge is 2.34. The van der Waals surface area contributed by atoms with Crippen LogP contribution in [-0.2, 0) is 16.4 Å². The van der Waals surface area contributed by atoms with Gasteiger partial charge in [0.05, 0.1) is 6.61 Å². The Morgan fingerprint density at radius 1 is 1.33 bits per heavy atom. The molecule has 0 spiro atoms. The predicted molar refractivity (Wildman–Crippen MR) is 86.3 cm³/mol. The van der Waals surface area contributed by atoms with Crippen molar-refractivity contribution in [3.63, 3.8) is 0 Å². The summed E-state index contributed by atoms with van der Waals surface area (Å²) in [5, 5.41) is 13.3. The smallest absolute Gasteiger partial charge is 0.184 e. The van der Waals surface area contributed by atoms with E-state index in [2.05, 4.69) is 12.2 Å². The predicted octanol–water partition coefficient (Wildman–Crippen LogP) is 2.57. The molecule has 120 valence electrons. The first-order valence-electron chi connectivity index (χ1n) is 7.50. The van der Waals surface area contributed by atoms with Crippen molar-refractivity contribution in [2.24, 2.45) is 5.92 Å². The summed E-state index contributed by atoms with van der Waals surface area (Å²) in [5.41, 5.74) is -0.282. The van der Waals surface area contributed by atoms with Crippen molar-refractivity contribution in [2.75, 3.05) is 12.9 Å². The second-order valence-corrected chi connectivity index (χ2v) is 9.67. The Balaban J connectivity index is 2.00. The Hall–Kier alpha value is -0.430. The van der Waals surface area contributed by atoms with E-state index in [1.165, 1.54) is 36.9 Å². The van der Waals surface area contributed by atoms with Crippen molar-refractivity contribution in [1.82, 2.24) is 5.32 Å². The molecule has 0 bridgehead atoms. The molecule has 4 nitrogen and oxygen atoms in total. The van der Waals surface area contributed by atoms with Crippen LogP contribution in [0.1, 0.15) is 43.9 Å². The van der Waals surface area contributed by atoms with E-state index in [0.717, 1.165) is 17.7 Å². The highest BCUT2D eigenvalue weighted by atomic mass is 32.2. The van der Waals surface area contributed by atoms with E-state index in [1.54, 1.807) is 6.07 Å². The van der Waals surface area contributed by atoms with Crippen molar-refractivity contribution in [3.8, 4) is 0 Å². The van der Waals surface area contributed by atoms with E-state index >= 15 is 0 Å². The highest BCUT2D eigenvalue weighted by Crippen LogP contribution is 2.33. The van der Waals surface area contributed by atoms with Crippen LogP contribution >= 0.6 is 11.3 Å². The maximum absolute atomic E-state index is 11.5. The van der Waals surface area contributed by atoms with Crippen molar-refractivity contribution in [2.45, 2.75) is 55.3 Å². The Morgan fingerprint density at radius 2 is 2.00 bits per heavy atom. The van der Waals surface area contributed by atoms with Crippen LogP contribution in [0.4, 0.5) is 0 Å². The summed E-state index contributed by atoms with van der Waals surface area (Å²) in [7, 11) is -3.12. The first-order valence-corrected chi connectivity index (χ1v) is 10.2. The molecule has 1 atom stereocenters. The zero-order chi connectivity index (χ0) is 15.5. The fourth-order valence-corrected chi connectivity index (χ4v) is 4.93. The number of sulfone groups is 1. The molecule has 2 N–H and O–H groups in total. The summed E-state index contributed by atoms with van der Waals surface area (Å²) in [4.78, 5) is 0.992. The quantitative estimate of drug-likeness (QED) is 0.841. The fourth-order valence-electron chi connectivity index (χ4n) is 3.01. The first kappa shape index (κ1) is 16.9. The van der Waals surface area contributed by atoms with Crippen LogP contribution in [0.5, 0.6) is 0 Å². The SMILES string of the molecule is CC(CO)(NCc1ccc(S(C)(=O)=O)s1)C1CCCCC1. The summed E-state index contributed by atoms with van der Waals surface area (Å²) >= 11 is 1.31. The Labute approximate surface area is 131 Å². The van der Waals surface area contributed by atoms with Gasteiger partial charge in [-0.3, -0.25) is 0 Å². The lowest BCUT2D eigenvalue weighted by Crippen LogP contribution is -2.51. The molecule has 1 aromatic heterocycles. The van der Waals surface area contributed by atoms with Gasteiger partial charge in [-0.2, -0.15) is 0 Å². The molecule has 1 aliphatic rings. The highest BCUT2D eigenvalue weighted by molar-refractivity contribution is 7.92. The van der Waals surface area contributed by atoms with Crippen LogP contribution in [0.15, 0.2) is 16.3 Å². The molecular weight excluding hydrogens is 306 g/mol. The largest absolute Gasteiger partial charge is 0.394 e. The molecule has 0 amide bonds. The third-order valence-corrected chi connectivity index (χ3v) is 7.41. The van der Waals surface area contributed by atoms with Gasteiger partial charge in [0, 0.05) is 23.2 Å². The second kappa shape index (κ2) is 6.77. The number of nitrogens with one attached hydrogen (secondary N) is 1. The minimum atomic E-state index is -3.12. The van der Waals surface area contributed by atoms with Gasteiger partial charge in [0.1, 0.15) is 4.21 Å². The Kier molecular flexibility index (Phi) is 5.46. The average Bonchev–Trinajstić information content (AvgIpc) is 2.95. The molecular formula is C15H25NO3S2. The summed E-state index contributed by atoms with van der Waals surface area (Å²) in [6, 6.07) is 3.51. The van der Waals surface area contributed by atoms with Crippen LogP contribution in [0, 0.1) is 5.92 Å². The summed E-state index contributed by atoms with van der Waals surface area (Å²) < 4.78 is 23.4. The maximum Gasteiger partial charge on any atom is 0.184 e. The molecule has 1 aliphatic carbocycles. The molecule has 6 heteroatoms. The fraction of sp³-hybridized carbons (Fsp3) is 0.733. The molecule has 0 aromatic carbocycles. The standard InChI is InChI=1S/C15H25NO3S2/c1-15(11-17,12-6-4-3-5-7-12)16-10-13-8-9-14(20-13)21(2,18)19/h8-9,12,16-17H,3-7,10-11H2,1-2H3. The topological polar surface area (TPSA) is 66.4 Å². The number of aliphatic hydroxyl groups excluding tert-OH is 1. The van der Waals surface area contributed by atoms with E-state index in [1.807, 2.05) is 6.07 Å². The molecule has 0 aliphatic heterocycles. The van der Waals surface area contributed by atoms with Crippen molar-refractivity contribution in [1.29, 1.82) is 0 Å². The number of aliphatic hydroxyl groups is 1. The first-order chi connectivity index (χ1) is 9.85. The number of rotatable bonds is 6. The molecule has 2 rings (SSSR count). The van der Waals surface area contributed by atoms with Crippen LogP contribution in [-0.4, -0.2) is 31.9 Å². The normalized spacial score (nSPS) is 20.3. The van der Waals surface area contributed by atoms with Gasteiger partial charge < -0.3 is 10.4 Å². The third kappa shape index (κ3) is 4.28. The third-order valence-electron chi connectivity index (χ3n) is 4.50. The van der Waals surface area contributed by atoms with Gasteiger partial charge in [0.25, 0.3) is 0 Å². The van der Waals surface area contributed by atoms with Crippen molar-refractivity contribution >= 4 is 21.2 Å².